The first-order chi connectivity index (χ1) is 12.3. The Morgan fingerprint density at radius 3 is 2.62 bits per heavy atom. The van der Waals surface area contributed by atoms with E-state index in [-0.39, 0.29) is 12.3 Å². The molecule has 1 fully saturated rings. The summed E-state index contributed by atoms with van der Waals surface area (Å²) in [5, 5.41) is 6.93. The first kappa shape index (κ1) is 18.4. The van der Waals surface area contributed by atoms with Gasteiger partial charge in [0.05, 0.1) is 12.0 Å². The first-order valence-electron chi connectivity index (χ1n) is 8.56. The van der Waals surface area contributed by atoms with Gasteiger partial charge in [-0.05, 0) is 24.5 Å². The Morgan fingerprint density at radius 2 is 2.00 bits per heavy atom. The van der Waals surface area contributed by atoms with Crippen molar-refractivity contribution in [2.24, 2.45) is 0 Å². The van der Waals surface area contributed by atoms with Crippen LogP contribution in [-0.4, -0.2) is 16.0 Å². The summed E-state index contributed by atoms with van der Waals surface area (Å²) >= 11 is 0. The second-order valence-electron chi connectivity index (χ2n) is 6.70. The second-order valence-corrected chi connectivity index (χ2v) is 6.70. The molecule has 8 heteroatoms. The largest absolute Gasteiger partial charge is 0.416 e. The molecule has 1 aliphatic rings. The molecule has 1 saturated carbocycles. The van der Waals surface area contributed by atoms with Gasteiger partial charge in [0.1, 0.15) is 5.54 Å². The molecule has 1 heterocycles. The van der Waals surface area contributed by atoms with Crippen LogP contribution in [0.5, 0.6) is 0 Å². The summed E-state index contributed by atoms with van der Waals surface area (Å²) in [6.07, 6.45) is -0.320. The van der Waals surface area contributed by atoms with Crippen LogP contribution in [0, 0.1) is 6.92 Å². The molecule has 0 spiro atoms. The fourth-order valence-electron chi connectivity index (χ4n) is 3.41. The van der Waals surface area contributed by atoms with Gasteiger partial charge in [-0.15, -0.1) is 0 Å². The van der Waals surface area contributed by atoms with Crippen LogP contribution < -0.4 is 5.32 Å². The molecule has 0 saturated heterocycles. The van der Waals surface area contributed by atoms with Gasteiger partial charge in [0, 0.05) is 6.92 Å². The molecule has 1 aromatic carbocycles. The van der Waals surface area contributed by atoms with Crippen molar-refractivity contribution >= 4 is 5.91 Å². The number of aryl methyl sites for hydroxylation is 1. The molecule has 0 aliphatic heterocycles. The number of hydrogen-bond acceptors (Lipinski definition) is 4. The summed E-state index contributed by atoms with van der Waals surface area (Å²) in [7, 11) is 0. The van der Waals surface area contributed by atoms with Crippen LogP contribution in [0.25, 0.3) is 0 Å². The van der Waals surface area contributed by atoms with Gasteiger partial charge < -0.3 is 9.84 Å². The predicted octanol–water partition coefficient (Wildman–Crippen LogP) is 3.92. The Morgan fingerprint density at radius 1 is 1.27 bits per heavy atom. The lowest BCUT2D eigenvalue weighted by Crippen LogP contribution is -2.48. The van der Waals surface area contributed by atoms with E-state index in [1.165, 1.54) is 12.1 Å². The number of nitrogens with zero attached hydrogens (tertiary/aromatic N) is 2. The number of nitrogens with one attached hydrogen (secondary N) is 1. The molecular formula is C18H20F3N3O2. The zero-order valence-electron chi connectivity index (χ0n) is 14.4. The smallest absolute Gasteiger partial charge is 0.343 e. The van der Waals surface area contributed by atoms with Gasteiger partial charge in [0.2, 0.25) is 11.8 Å². The molecular weight excluding hydrogens is 347 g/mol. The summed E-state index contributed by atoms with van der Waals surface area (Å²) in [6, 6.07) is 4.82. The molecule has 0 radical (unpaired) electrons. The molecule has 0 bridgehead atoms. The van der Waals surface area contributed by atoms with E-state index in [2.05, 4.69) is 15.5 Å². The van der Waals surface area contributed by atoms with Crippen LogP contribution in [0.3, 0.4) is 0 Å². The van der Waals surface area contributed by atoms with E-state index in [9.17, 15) is 18.0 Å². The summed E-state index contributed by atoms with van der Waals surface area (Å²) in [5.74, 6) is 0.498. The average molecular weight is 367 g/mol. The zero-order chi connectivity index (χ0) is 18.8. The van der Waals surface area contributed by atoms with Crippen LogP contribution in [0.2, 0.25) is 0 Å². The van der Waals surface area contributed by atoms with Gasteiger partial charge in [-0.2, -0.15) is 18.2 Å². The maximum absolute atomic E-state index is 12.8. The summed E-state index contributed by atoms with van der Waals surface area (Å²) < 4.78 is 43.6. The number of halogens is 3. The monoisotopic (exact) mass is 367 g/mol. The van der Waals surface area contributed by atoms with Gasteiger partial charge in [-0.25, -0.2) is 0 Å². The van der Waals surface area contributed by atoms with Gasteiger partial charge in [0.15, 0.2) is 5.82 Å². The predicted molar refractivity (Wildman–Crippen MR) is 87.1 cm³/mol. The van der Waals surface area contributed by atoms with Crippen LogP contribution in [-0.2, 0) is 22.9 Å². The minimum absolute atomic E-state index is 0.136. The number of carbonyl (C=O) groups is 1. The maximum atomic E-state index is 12.8. The van der Waals surface area contributed by atoms with Crippen molar-refractivity contribution in [1.29, 1.82) is 0 Å². The molecule has 1 amide bonds. The van der Waals surface area contributed by atoms with E-state index in [1.807, 2.05) is 0 Å². The Bertz CT molecular complexity index is 780. The molecule has 140 valence electrons. The van der Waals surface area contributed by atoms with Crippen molar-refractivity contribution in [2.75, 3.05) is 0 Å². The highest BCUT2D eigenvalue weighted by molar-refractivity contribution is 5.79. The van der Waals surface area contributed by atoms with E-state index in [0.717, 1.165) is 31.4 Å². The quantitative estimate of drug-likeness (QED) is 0.890. The lowest BCUT2D eigenvalue weighted by atomic mass is 9.80. The first-order valence-corrected chi connectivity index (χ1v) is 8.56. The number of amides is 1. The Kier molecular flexibility index (Phi) is 5.02. The molecule has 2 aromatic rings. The molecule has 5 nitrogen and oxygen atoms in total. The molecule has 3 rings (SSSR count). The summed E-state index contributed by atoms with van der Waals surface area (Å²) in [6.45, 7) is 1.68. The standard InChI is InChI=1S/C18H20F3N3O2/c1-12-22-16(24-26-12)17(8-3-2-4-9-17)23-15(25)11-13-6-5-7-14(10-13)18(19,20)21/h5-7,10H,2-4,8-9,11H2,1H3,(H,23,25). The van der Waals surface area contributed by atoms with E-state index in [0.29, 0.717) is 30.1 Å². The molecule has 1 aliphatic carbocycles. The van der Waals surface area contributed by atoms with E-state index in [1.54, 1.807) is 6.92 Å². The van der Waals surface area contributed by atoms with Crippen LogP contribution in [0.1, 0.15) is 54.9 Å². The summed E-state index contributed by atoms with van der Waals surface area (Å²) in [5.41, 5.74) is -1.16. The molecule has 1 aromatic heterocycles. The minimum atomic E-state index is -4.43. The van der Waals surface area contributed by atoms with Gasteiger partial charge >= 0.3 is 6.18 Å². The van der Waals surface area contributed by atoms with Crippen LogP contribution in [0.4, 0.5) is 13.2 Å². The molecule has 26 heavy (non-hydrogen) atoms. The van der Waals surface area contributed by atoms with E-state index >= 15 is 0 Å². The minimum Gasteiger partial charge on any atom is -0.343 e. The fraction of sp³-hybridized carbons (Fsp3) is 0.500. The average Bonchev–Trinajstić information content (AvgIpc) is 3.02. The van der Waals surface area contributed by atoms with Crippen molar-refractivity contribution in [3.63, 3.8) is 0 Å². The number of carbonyl (C=O) groups excluding carboxylic acids is 1. The Labute approximate surface area is 149 Å². The molecule has 1 N–H and O–H groups in total. The van der Waals surface area contributed by atoms with Crippen molar-refractivity contribution in [3.05, 3.63) is 47.1 Å². The lowest BCUT2D eigenvalue weighted by molar-refractivity contribution is -0.137. The highest BCUT2D eigenvalue weighted by atomic mass is 19.4. The van der Waals surface area contributed by atoms with Crippen molar-refractivity contribution in [2.45, 2.75) is 57.2 Å². The van der Waals surface area contributed by atoms with Gasteiger partial charge in [0.25, 0.3) is 0 Å². The van der Waals surface area contributed by atoms with Crippen molar-refractivity contribution in [3.8, 4) is 0 Å². The molecule has 0 atom stereocenters. The van der Waals surface area contributed by atoms with Crippen molar-refractivity contribution < 1.29 is 22.5 Å². The van der Waals surface area contributed by atoms with Gasteiger partial charge in [-0.3, -0.25) is 4.79 Å². The highest BCUT2D eigenvalue weighted by Crippen LogP contribution is 2.36. The SMILES string of the molecule is Cc1nc(C2(NC(=O)Cc3cccc(C(F)(F)F)c3)CCCCC2)no1. The Hall–Kier alpha value is -2.38. The number of aromatic nitrogens is 2. The van der Waals surface area contributed by atoms with E-state index in [4.69, 9.17) is 4.52 Å². The van der Waals surface area contributed by atoms with Crippen molar-refractivity contribution in [1.82, 2.24) is 15.5 Å². The number of benzene rings is 1. The molecule has 0 unspecified atom stereocenters. The lowest BCUT2D eigenvalue weighted by Gasteiger charge is -2.35. The third kappa shape index (κ3) is 4.05. The topological polar surface area (TPSA) is 68.0 Å². The normalized spacial score (nSPS) is 17.1. The fourth-order valence-corrected chi connectivity index (χ4v) is 3.41. The van der Waals surface area contributed by atoms with Crippen LogP contribution >= 0.6 is 0 Å². The third-order valence-electron chi connectivity index (χ3n) is 4.66. The maximum Gasteiger partial charge on any atom is 0.416 e. The second kappa shape index (κ2) is 7.09. The van der Waals surface area contributed by atoms with Crippen LogP contribution in [0.15, 0.2) is 28.8 Å². The van der Waals surface area contributed by atoms with E-state index < -0.39 is 17.3 Å². The zero-order valence-corrected chi connectivity index (χ0v) is 14.4. The number of hydrogen-bond donors (Lipinski definition) is 1. The number of alkyl halides is 3. The Balaban J connectivity index is 1.77. The van der Waals surface area contributed by atoms with Gasteiger partial charge in [-0.1, -0.05) is 42.6 Å². The highest BCUT2D eigenvalue weighted by Gasteiger charge is 2.39. The summed E-state index contributed by atoms with van der Waals surface area (Å²) in [4.78, 5) is 16.8. The third-order valence-corrected chi connectivity index (χ3v) is 4.66. The number of rotatable bonds is 4.